The number of carbonyl (C=O) groups is 4. The normalized spacial score (nSPS) is 22.1. The van der Waals surface area contributed by atoms with Crippen molar-refractivity contribution < 1.29 is 42.5 Å². The Morgan fingerprint density at radius 2 is 1.50 bits per heavy atom. The largest absolute Gasteiger partial charge is 0.464 e. The first kappa shape index (κ1) is 58.3. The standard InChI is InChI=1S/C55H65FN8O8S.3H2S/c1-8-11-46-59-29-45(73-46)52-64-40-15-14-31(35-22-38(57-27-35)42-13-10-18-63(42)51(66)49(61-54(68)70-7)32-16-19-71-55(4,5)26-32)20-34(40)24-43(64)47-37(56)21-33(25-44(47)72-52)36-23-39(58-28-36)41-12-9-17-62(41)50(65)48(30(2)3)60-53(67)69-6;;;/h14-15,20-21,24-25,27-30,32,41-42,48-49,52H,8-13,16-19,22-23,26H2,1-7H3,(H,60,67)(H,61,68);3*1H2/t32?,41-,42-,48-,49?,52?;;;/m0.../s1. The predicted octanol–water partition coefficient (Wildman–Crippen LogP) is 9.80. The van der Waals surface area contributed by atoms with Crippen LogP contribution in [-0.2, 0) is 30.2 Å². The van der Waals surface area contributed by atoms with Crippen LogP contribution in [0.1, 0.15) is 120 Å². The average Bonchev–Trinajstić information content (AvgIpc) is 4.24. The molecule has 3 saturated heterocycles. The van der Waals surface area contributed by atoms with Gasteiger partial charge in [0.2, 0.25) is 18.0 Å². The number of ether oxygens (including phenoxy) is 4. The van der Waals surface area contributed by atoms with Crippen molar-refractivity contribution in [2.75, 3.05) is 33.9 Å². The first-order chi connectivity index (χ1) is 35.1. The van der Waals surface area contributed by atoms with Gasteiger partial charge in [-0.3, -0.25) is 24.1 Å². The summed E-state index contributed by atoms with van der Waals surface area (Å²) in [5.41, 5.74) is 6.70. The molecule has 3 fully saturated rings. The summed E-state index contributed by atoms with van der Waals surface area (Å²) in [5, 5.41) is 7.50. The number of carbonyl (C=O) groups excluding carboxylic acids is 4. The SMILES string of the molecule is CCCc1ncc(C2Oc3cc(C4=CN=C([C@@H]5CCCN5C(=O)[C@@H](NC(=O)OC)C(C)C)C4)cc(F)c3-c3cc4cc(C5=CN=C([C@@H]6CCCN6C(=O)C(NC(=O)OC)C6CCOC(C)(C)C6)C5)ccc4n32)s1.S.S.S. The van der Waals surface area contributed by atoms with E-state index in [0.29, 0.717) is 68.0 Å². The molecule has 4 aromatic rings. The Balaban J connectivity index is 0.00000280. The molecule has 6 aliphatic rings. The number of benzene rings is 2. The molecule has 8 heterocycles. The van der Waals surface area contributed by atoms with Gasteiger partial charge in [-0.2, -0.15) is 40.5 Å². The second-order valence-electron chi connectivity index (χ2n) is 21.0. The van der Waals surface area contributed by atoms with E-state index in [0.717, 1.165) is 87.4 Å². The van der Waals surface area contributed by atoms with Crippen LogP contribution in [0.2, 0.25) is 0 Å². The number of methoxy groups -OCH3 is 2. The Hall–Kier alpha value is -5.35. The zero-order valence-corrected chi connectivity index (χ0v) is 48.0. The molecule has 6 aliphatic heterocycles. The fraction of sp³-hybridized carbons (Fsp3) is 0.509. The first-order valence-corrected chi connectivity index (χ1v) is 26.5. The highest BCUT2D eigenvalue weighted by Crippen LogP contribution is 2.48. The van der Waals surface area contributed by atoms with Crippen LogP contribution in [0.15, 0.2) is 65.0 Å². The minimum Gasteiger partial charge on any atom is -0.464 e. The summed E-state index contributed by atoms with van der Waals surface area (Å²) >= 11 is 1.60. The van der Waals surface area contributed by atoms with Gasteiger partial charge < -0.3 is 39.4 Å². The van der Waals surface area contributed by atoms with E-state index >= 15 is 4.39 Å². The highest BCUT2D eigenvalue weighted by atomic mass is 32.1. The second-order valence-corrected chi connectivity index (χ2v) is 22.1. The van der Waals surface area contributed by atoms with Crippen LogP contribution >= 0.6 is 51.8 Å². The van der Waals surface area contributed by atoms with Gasteiger partial charge in [0, 0.05) is 67.9 Å². The van der Waals surface area contributed by atoms with Gasteiger partial charge in [-0.05, 0) is 130 Å². The third-order valence-corrected chi connectivity index (χ3v) is 16.4. The van der Waals surface area contributed by atoms with E-state index in [-0.39, 0.29) is 76.2 Å². The van der Waals surface area contributed by atoms with Crippen LogP contribution < -0.4 is 15.4 Å². The minimum absolute atomic E-state index is 0. The Kier molecular flexibility index (Phi) is 18.5. The summed E-state index contributed by atoms with van der Waals surface area (Å²) in [6.07, 6.45) is 10.8. The molecular formula is C55H71FN8O8S4. The minimum atomic E-state index is -0.748. The number of allylic oxidation sites excluding steroid dienone is 2. The lowest BCUT2D eigenvalue weighted by atomic mass is 9.82. The Morgan fingerprint density at radius 3 is 2.13 bits per heavy atom. The predicted molar refractivity (Wildman–Crippen MR) is 309 cm³/mol. The number of aryl methyl sites for hydroxylation is 1. The quantitative estimate of drug-likeness (QED) is 0.132. The fourth-order valence-electron chi connectivity index (χ4n) is 11.7. The van der Waals surface area contributed by atoms with E-state index in [1.165, 1.54) is 14.2 Å². The first-order valence-electron chi connectivity index (χ1n) is 25.7. The Labute approximate surface area is 468 Å². The molecular weight excluding hydrogens is 1050 g/mol. The lowest BCUT2D eigenvalue weighted by Gasteiger charge is -2.40. The second kappa shape index (κ2) is 24.1. The van der Waals surface area contributed by atoms with Gasteiger partial charge in [0.15, 0.2) is 0 Å². The third kappa shape index (κ3) is 11.4. The molecule has 0 spiro atoms. The lowest BCUT2D eigenvalue weighted by molar-refractivity contribution is -0.138. The highest BCUT2D eigenvalue weighted by Gasteiger charge is 2.44. The number of thiazole rings is 1. The number of halogens is 1. The van der Waals surface area contributed by atoms with E-state index in [1.54, 1.807) is 23.6 Å². The van der Waals surface area contributed by atoms with Gasteiger partial charge in [0.25, 0.3) is 0 Å². The summed E-state index contributed by atoms with van der Waals surface area (Å²) in [6.45, 7) is 11.5. The molecule has 21 heteroatoms. The number of amides is 4. The van der Waals surface area contributed by atoms with Gasteiger partial charge >= 0.3 is 12.2 Å². The number of likely N-dealkylation sites (tertiary alicyclic amines) is 2. The molecule has 410 valence electrons. The van der Waals surface area contributed by atoms with Crippen molar-refractivity contribution in [2.24, 2.45) is 21.8 Å². The van der Waals surface area contributed by atoms with E-state index in [9.17, 15) is 19.2 Å². The zero-order chi connectivity index (χ0) is 51.3. The van der Waals surface area contributed by atoms with Crippen molar-refractivity contribution in [1.82, 2.24) is 30.0 Å². The molecule has 2 N–H and O–H groups in total. The van der Waals surface area contributed by atoms with E-state index in [1.807, 2.05) is 62.0 Å². The number of aliphatic imine (C=N–C) groups is 2. The molecule has 0 aliphatic carbocycles. The maximum absolute atomic E-state index is 17.0. The Bertz CT molecular complexity index is 2990. The monoisotopic (exact) mass is 1120 g/mol. The summed E-state index contributed by atoms with van der Waals surface area (Å²) in [5.74, 6) is -0.580. The van der Waals surface area contributed by atoms with Crippen molar-refractivity contribution >= 4 is 109 Å². The summed E-state index contributed by atoms with van der Waals surface area (Å²) < 4.78 is 41.7. The number of hydrogen-bond donors (Lipinski definition) is 2. The molecule has 10 rings (SSSR count). The Morgan fingerprint density at radius 1 is 0.855 bits per heavy atom. The van der Waals surface area contributed by atoms with E-state index < -0.39 is 41.9 Å². The van der Waals surface area contributed by atoms with Crippen LogP contribution in [0.5, 0.6) is 5.75 Å². The van der Waals surface area contributed by atoms with Crippen LogP contribution in [0, 0.1) is 17.7 Å². The number of rotatable bonds is 13. The zero-order valence-electron chi connectivity index (χ0n) is 44.2. The number of nitrogens with zero attached hydrogens (tertiary/aromatic N) is 6. The van der Waals surface area contributed by atoms with Crippen LogP contribution in [-0.4, -0.2) is 118 Å². The van der Waals surface area contributed by atoms with Gasteiger partial charge in [-0.15, -0.1) is 11.3 Å². The molecule has 6 atom stereocenters. The summed E-state index contributed by atoms with van der Waals surface area (Å²) in [7, 11) is 2.59. The molecule has 0 saturated carbocycles. The van der Waals surface area contributed by atoms with E-state index in [4.69, 9.17) is 33.9 Å². The van der Waals surface area contributed by atoms with E-state index in [2.05, 4.69) is 40.3 Å². The van der Waals surface area contributed by atoms with Crippen LogP contribution in [0.4, 0.5) is 14.0 Å². The molecule has 0 radical (unpaired) electrons. The van der Waals surface area contributed by atoms with Gasteiger partial charge in [-0.1, -0.05) is 26.8 Å². The summed E-state index contributed by atoms with van der Waals surface area (Å²) in [4.78, 5) is 72.2. The number of fused-ring (bicyclic) bond motifs is 5. The number of nitrogens with one attached hydrogen (secondary N) is 2. The van der Waals surface area contributed by atoms with Gasteiger partial charge in [0.05, 0.1) is 58.6 Å². The molecule has 3 unspecified atom stereocenters. The number of alkyl carbamates (subject to hydrolysis) is 2. The van der Waals surface area contributed by atoms with Crippen molar-refractivity contribution in [2.45, 2.75) is 135 Å². The topological polar surface area (TPSA) is 178 Å². The molecule has 4 amide bonds. The van der Waals surface area contributed by atoms with Gasteiger partial charge in [-0.25, -0.2) is 19.0 Å². The average molecular weight is 1120 g/mol. The fourth-order valence-corrected chi connectivity index (χ4v) is 12.8. The van der Waals surface area contributed by atoms with Gasteiger partial charge in [0.1, 0.15) is 23.7 Å². The molecule has 16 nitrogen and oxygen atoms in total. The van der Waals surface area contributed by atoms with Crippen LogP contribution in [0.25, 0.3) is 33.3 Å². The summed E-state index contributed by atoms with van der Waals surface area (Å²) in [6, 6.07) is 9.79. The maximum atomic E-state index is 17.0. The van der Waals surface area contributed by atoms with Crippen molar-refractivity contribution in [3.05, 3.63) is 81.8 Å². The molecule has 2 aromatic carbocycles. The number of hydrogen-bond acceptors (Lipinski definition) is 12. The molecule has 76 heavy (non-hydrogen) atoms. The van der Waals surface area contributed by atoms with Crippen LogP contribution in [0.3, 0.4) is 0 Å². The van der Waals surface area contributed by atoms with Crippen molar-refractivity contribution in [3.8, 4) is 17.0 Å². The van der Waals surface area contributed by atoms with Crippen molar-refractivity contribution in [3.63, 3.8) is 0 Å². The number of aromatic nitrogens is 2. The smallest absolute Gasteiger partial charge is 0.407 e. The third-order valence-electron chi connectivity index (χ3n) is 15.3. The molecule has 2 aromatic heterocycles. The van der Waals surface area contributed by atoms with Crippen molar-refractivity contribution in [1.29, 1.82) is 0 Å². The maximum Gasteiger partial charge on any atom is 0.407 e. The molecule has 0 bridgehead atoms. The lowest BCUT2D eigenvalue weighted by Crippen LogP contribution is -2.56. The highest BCUT2D eigenvalue weighted by molar-refractivity contribution is 7.59.